The van der Waals surface area contributed by atoms with E-state index in [1.54, 1.807) is 43.7 Å². The van der Waals surface area contributed by atoms with E-state index in [9.17, 15) is 23.1 Å². The highest BCUT2D eigenvalue weighted by Gasteiger charge is 2.19. The lowest BCUT2D eigenvalue weighted by atomic mass is 10.1. The van der Waals surface area contributed by atoms with E-state index < -0.39 is 25.6 Å². The lowest BCUT2D eigenvalue weighted by molar-refractivity contribution is -0.387. The van der Waals surface area contributed by atoms with E-state index in [0.29, 0.717) is 11.1 Å². The zero-order chi connectivity index (χ0) is 22.4. The van der Waals surface area contributed by atoms with Crippen LogP contribution in [-0.2, 0) is 10.1 Å². The number of nitro groups is 1. The van der Waals surface area contributed by atoms with Gasteiger partial charge in [-0.15, -0.1) is 0 Å². The summed E-state index contributed by atoms with van der Waals surface area (Å²) in [5.74, 6) is 0.844. The quantitative estimate of drug-likeness (QED) is 0.192. The van der Waals surface area contributed by atoms with Crippen LogP contribution in [0.1, 0.15) is 0 Å². The Hall–Kier alpha value is -3.82. The average Bonchev–Trinajstić information content (AvgIpc) is 2.78. The molecule has 4 rings (SSSR count). The van der Waals surface area contributed by atoms with Gasteiger partial charge in [-0.1, -0.05) is 48.5 Å². The van der Waals surface area contributed by atoms with Crippen LogP contribution in [0, 0.1) is 10.1 Å². The molecule has 0 fully saturated rings. The molecule has 9 heteroatoms. The third-order valence-corrected chi connectivity index (χ3v) is 5.20. The van der Waals surface area contributed by atoms with Crippen LogP contribution in [0.25, 0.3) is 22.1 Å². The van der Waals surface area contributed by atoms with Gasteiger partial charge < -0.3 is 9.29 Å². The summed E-state index contributed by atoms with van der Waals surface area (Å²) in [5.41, 5.74) is 1.30. The maximum absolute atomic E-state index is 10.9. The Morgan fingerprint density at radius 3 is 2.23 bits per heavy atom. The van der Waals surface area contributed by atoms with E-state index in [-0.39, 0.29) is 0 Å². The predicted molar refractivity (Wildman–Crippen MR) is 114 cm³/mol. The number of ether oxygens (including phenoxy) is 1. The van der Waals surface area contributed by atoms with Crippen LogP contribution in [0.4, 0.5) is 5.69 Å². The summed E-state index contributed by atoms with van der Waals surface area (Å²) >= 11 is 0. The highest BCUT2D eigenvalue weighted by molar-refractivity contribution is 7.85. The second-order valence-electron chi connectivity index (χ2n) is 6.24. The summed E-state index contributed by atoms with van der Waals surface area (Å²) < 4.78 is 43.3. The molecule has 1 heterocycles. The molecule has 0 atom stereocenters. The van der Waals surface area contributed by atoms with E-state index in [2.05, 4.69) is 0 Å². The van der Waals surface area contributed by atoms with Crippen LogP contribution in [-0.4, -0.2) is 25.0 Å². The van der Waals surface area contributed by atoms with Gasteiger partial charge in [0, 0.05) is 12.1 Å². The molecule has 1 aromatic heterocycles. The van der Waals surface area contributed by atoms with E-state index in [1.807, 2.05) is 30.3 Å². The van der Waals surface area contributed by atoms with Crippen molar-refractivity contribution in [3.8, 4) is 16.9 Å². The molecule has 0 N–H and O–H groups in total. The molecular formula is C22H17NO7S. The van der Waals surface area contributed by atoms with Gasteiger partial charge in [-0.05, 0) is 23.3 Å². The average molecular weight is 439 g/mol. The maximum Gasteiger partial charge on any atom is 0.363 e. The Morgan fingerprint density at radius 1 is 0.903 bits per heavy atom. The summed E-state index contributed by atoms with van der Waals surface area (Å²) in [6.45, 7) is 0. The third kappa shape index (κ3) is 5.21. The number of hydrogen-bond acceptors (Lipinski definition) is 6. The summed E-state index contributed by atoms with van der Waals surface area (Å²) in [5, 5.41) is 11.9. The monoisotopic (exact) mass is 439 g/mol. The molecule has 0 saturated carbocycles. The van der Waals surface area contributed by atoms with Gasteiger partial charge in [-0.25, -0.2) is 12.8 Å². The zero-order valence-electron chi connectivity index (χ0n) is 16.3. The van der Waals surface area contributed by atoms with Crippen LogP contribution in [0.2, 0.25) is 0 Å². The topological polar surface area (TPSA) is 121 Å². The van der Waals surface area contributed by atoms with Gasteiger partial charge in [-0.3, -0.25) is 10.1 Å². The van der Waals surface area contributed by atoms with E-state index >= 15 is 0 Å². The molecule has 3 aromatic carbocycles. The Labute approximate surface area is 178 Å². The highest BCUT2D eigenvalue weighted by Crippen LogP contribution is 2.29. The Balaban J connectivity index is 0.000000194. The van der Waals surface area contributed by atoms with Crippen LogP contribution >= 0.6 is 0 Å². The molecule has 0 aliphatic heterocycles. The number of para-hydroxylation sites is 1. The lowest BCUT2D eigenvalue weighted by Crippen LogP contribution is -2.03. The molecule has 0 radical (unpaired) electrons. The second kappa shape index (κ2) is 9.33. The standard InChI is InChI=1S/C12H9NO5S.C10H9O2/c14-13(15)11-8-10(9-4-2-1-3-5-9)6-7-12(11)19(16,17)18;1-11-9-6-7-12-10-5-3-2-4-8(9)10/h1-8H,(H,16,17,18);2-7H,1H3/q;+1/p-1. The van der Waals surface area contributed by atoms with Crippen molar-refractivity contribution in [3.05, 3.63) is 95.2 Å². The molecule has 0 aliphatic carbocycles. The first-order valence-corrected chi connectivity index (χ1v) is 10.4. The fraction of sp³-hybridized carbons (Fsp3) is 0.0455. The van der Waals surface area contributed by atoms with Crippen LogP contribution in [0.5, 0.6) is 5.75 Å². The van der Waals surface area contributed by atoms with Crippen LogP contribution in [0.3, 0.4) is 0 Å². The van der Waals surface area contributed by atoms with Crippen LogP contribution < -0.4 is 4.74 Å². The van der Waals surface area contributed by atoms with E-state index in [4.69, 9.17) is 9.15 Å². The molecule has 0 spiro atoms. The highest BCUT2D eigenvalue weighted by atomic mass is 32.2. The molecule has 158 valence electrons. The largest absolute Gasteiger partial charge is 0.744 e. The van der Waals surface area contributed by atoms with Crippen molar-refractivity contribution in [3.63, 3.8) is 0 Å². The molecule has 8 nitrogen and oxygen atoms in total. The number of methoxy groups -OCH3 is 1. The van der Waals surface area contributed by atoms with E-state index in [1.165, 1.54) is 6.07 Å². The minimum Gasteiger partial charge on any atom is -0.744 e. The summed E-state index contributed by atoms with van der Waals surface area (Å²) in [6.07, 6.45) is 1.63. The number of benzene rings is 3. The van der Waals surface area contributed by atoms with Crippen molar-refractivity contribution >= 4 is 26.8 Å². The number of fused-ring (bicyclic) bond motifs is 1. The number of rotatable bonds is 4. The van der Waals surface area contributed by atoms with Crippen LogP contribution in [0.15, 0.2) is 94.4 Å². The molecule has 4 aromatic rings. The zero-order valence-corrected chi connectivity index (χ0v) is 17.1. The normalized spacial score (nSPS) is 10.8. The van der Waals surface area contributed by atoms with Gasteiger partial charge in [-0.2, -0.15) is 0 Å². The number of nitrogens with zero attached hydrogens (tertiary/aromatic N) is 1. The van der Waals surface area contributed by atoms with Crippen molar-refractivity contribution in [1.29, 1.82) is 0 Å². The molecule has 0 amide bonds. The lowest BCUT2D eigenvalue weighted by Gasteiger charge is -2.09. The second-order valence-corrected chi connectivity index (χ2v) is 7.59. The fourth-order valence-electron chi connectivity index (χ4n) is 2.89. The number of nitro benzene ring substituents is 1. The molecule has 0 aliphatic rings. The SMILES string of the molecule is COc1cc[o+]c2ccccc12.O=[N+]([O-])c1cc(-c2ccccc2)ccc1S(=O)(=O)[O-]. The summed E-state index contributed by atoms with van der Waals surface area (Å²) in [4.78, 5) is 9.15. The first kappa shape index (κ1) is 21.9. The van der Waals surface area contributed by atoms with Gasteiger partial charge in [0.1, 0.15) is 26.1 Å². The Kier molecular flexibility index (Phi) is 6.58. The molecule has 0 unspecified atom stereocenters. The molecular weight excluding hydrogens is 422 g/mol. The minimum absolute atomic E-state index is 0.472. The van der Waals surface area contributed by atoms with E-state index in [0.717, 1.165) is 28.9 Å². The van der Waals surface area contributed by atoms with Crippen molar-refractivity contribution in [1.82, 2.24) is 0 Å². The van der Waals surface area contributed by atoms with Crippen molar-refractivity contribution < 1.29 is 27.0 Å². The maximum atomic E-state index is 10.9. The summed E-state index contributed by atoms with van der Waals surface area (Å²) in [7, 11) is -3.21. The fourth-order valence-corrected chi connectivity index (χ4v) is 3.52. The van der Waals surface area contributed by atoms with Gasteiger partial charge in [0.05, 0.1) is 18.1 Å². The molecule has 31 heavy (non-hydrogen) atoms. The predicted octanol–water partition coefficient (Wildman–Crippen LogP) is 4.89. The summed E-state index contributed by atoms with van der Waals surface area (Å²) in [6, 6.07) is 21.7. The van der Waals surface area contributed by atoms with Gasteiger partial charge in [0.25, 0.3) is 5.69 Å². The first-order valence-electron chi connectivity index (χ1n) is 8.94. The Morgan fingerprint density at radius 2 is 1.58 bits per heavy atom. The van der Waals surface area contributed by atoms with Gasteiger partial charge >= 0.3 is 11.8 Å². The smallest absolute Gasteiger partial charge is 0.363 e. The van der Waals surface area contributed by atoms with Crippen molar-refractivity contribution in [2.45, 2.75) is 4.90 Å². The first-order chi connectivity index (χ1) is 14.8. The van der Waals surface area contributed by atoms with Gasteiger partial charge in [0.2, 0.25) is 0 Å². The number of hydrogen-bond donors (Lipinski definition) is 0. The third-order valence-electron chi connectivity index (χ3n) is 4.32. The molecule has 0 bridgehead atoms. The minimum atomic E-state index is -4.87. The Bertz CT molecular complexity index is 1320. The van der Waals surface area contributed by atoms with Gasteiger partial charge in [0.15, 0.2) is 0 Å². The molecule has 0 saturated heterocycles. The van der Waals surface area contributed by atoms with Crippen molar-refractivity contribution in [2.24, 2.45) is 0 Å². The van der Waals surface area contributed by atoms with Crippen molar-refractivity contribution in [2.75, 3.05) is 7.11 Å².